The highest BCUT2D eigenvalue weighted by Crippen LogP contribution is 2.17. The molecule has 0 aromatic carbocycles. The Morgan fingerprint density at radius 1 is 1.24 bits per heavy atom. The fourth-order valence-electron chi connectivity index (χ4n) is 3.14. The maximum atomic E-state index is 11.8. The lowest BCUT2D eigenvalue weighted by molar-refractivity contribution is 0.148. The van der Waals surface area contributed by atoms with Crippen LogP contribution < -0.4 is 16.4 Å². The second-order valence-electron chi connectivity index (χ2n) is 6.37. The lowest BCUT2D eigenvalue weighted by Gasteiger charge is -2.35. The molecular formula is C17H24N6O2. The van der Waals surface area contributed by atoms with Gasteiger partial charge in [-0.2, -0.15) is 5.10 Å². The van der Waals surface area contributed by atoms with E-state index < -0.39 is 0 Å². The van der Waals surface area contributed by atoms with Gasteiger partial charge in [-0.3, -0.25) is 14.5 Å². The Balaban J connectivity index is 1.58. The second-order valence-corrected chi connectivity index (χ2v) is 6.37. The van der Waals surface area contributed by atoms with Gasteiger partial charge in [0, 0.05) is 44.5 Å². The van der Waals surface area contributed by atoms with Crippen molar-refractivity contribution < 1.29 is 0 Å². The first-order valence-electron chi connectivity index (χ1n) is 8.66. The van der Waals surface area contributed by atoms with Crippen LogP contribution in [0, 0.1) is 0 Å². The fourth-order valence-corrected chi connectivity index (χ4v) is 3.14. The van der Waals surface area contributed by atoms with E-state index in [1.807, 2.05) is 0 Å². The lowest BCUT2D eigenvalue weighted by atomic mass is 10.0. The summed E-state index contributed by atoms with van der Waals surface area (Å²) in [6, 6.07) is 5.06. The highest BCUT2D eigenvalue weighted by Gasteiger charge is 2.22. The van der Waals surface area contributed by atoms with E-state index >= 15 is 0 Å². The van der Waals surface area contributed by atoms with Crippen molar-refractivity contribution in [1.82, 2.24) is 24.2 Å². The molecule has 1 saturated heterocycles. The number of nitrogens with zero attached hydrogens (tertiary/aromatic N) is 5. The maximum absolute atomic E-state index is 11.8. The van der Waals surface area contributed by atoms with Gasteiger partial charge in [0.1, 0.15) is 5.82 Å². The van der Waals surface area contributed by atoms with Crippen LogP contribution in [-0.4, -0.2) is 49.9 Å². The molecule has 8 nitrogen and oxygen atoms in total. The summed E-state index contributed by atoms with van der Waals surface area (Å²) < 4.78 is 2.95. The predicted molar refractivity (Wildman–Crippen MR) is 95.7 cm³/mol. The molecule has 2 aromatic heterocycles. The molecule has 134 valence electrons. The molecule has 3 rings (SSSR count). The third-order valence-electron chi connectivity index (χ3n) is 4.63. The zero-order chi connectivity index (χ0) is 17.6. The predicted octanol–water partition coefficient (Wildman–Crippen LogP) is 0.304. The molecule has 8 heteroatoms. The molecule has 0 aliphatic carbocycles. The van der Waals surface area contributed by atoms with Crippen LogP contribution in [0.2, 0.25) is 0 Å². The van der Waals surface area contributed by atoms with Gasteiger partial charge in [-0.15, -0.1) is 0 Å². The Kier molecular flexibility index (Phi) is 5.60. The zero-order valence-corrected chi connectivity index (χ0v) is 14.5. The van der Waals surface area contributed by atoms with Gasteiger partial charge >= 0.3 is 0 Å². The van der Waals surface area contributed by atoms with Gasteiger partial charge < -0.3 is 9.88 Å². The number of aryl methyl sites for hydroxylation is 1. The second kappa shape index (κ2) is 8.06. The van der Waals surface area contributed by atoms with E-state index in [2.05, 4.69) is 20.3 Å². The monoisotopic (exact) mass is 344 g/mol. The Labute approximate surface area is 146 Å². The van der Waals surface area contributed by atoms with Crippen molar-refractivity contribution in [2.45, 2.75) is 31.8 Å². The van der Waals surface area contributed by atoms with E-state index in [-0.39, 0.29) is 11.1 Å². The molecular weight excluding hydrogens is 320 g/mol. The Hall–Kier alpha value is -2.48. The summed E-state index contributed by atoms with van der Waals surface area (Å²) in [4.78, 5) is 30.1. The van der Waals surface area contributed by atoms with Crippen molar-refractivity contribution in [3.05, 3.63) is 51.4 Å². The van der Waals surface area contributed by atoms with Gasteiger partial charge in [0.05, 0.1) is 12.9 Å². The van der Waals surface area contributed by atoms with Crippen LogP contribution in [0.4, 0.5) is 5.82 Å². The fraction of sp³-hybridized carbons (Fsp3) is 0.529. The van der Waals surface area contributed by atoms with Gasteiger partial charge in [-0.1, -0.05) is 6.42 Å². The minimum absolute atomic E-state index is 0.0708. The molecule has 0 amide bonds. The molecule has 1 aliphatic heterocycles. The van der Waals surface area contributed by atoms with Crippen LogP contribution in [0.15, 0.2) is 40.3 Å². The van der Waals surface area contributed by atoms with Gasteiger partial charge in [0.25, 0.3) is 11.1 Å². The smallest absolute Gasteiger partial charge is 0.266 e. The van der Waals surface area contributed by atoms with Crippen molar-refractivity contribution in [2.24, 2.45) is 7.05 Å². The summed E-state index contributed by atoms with van der Waals surface area (Å²) in [6.07, 6.45) is 6.61. The molecule has 1 N–H and O–H groups in total. The van der Waals surface area contributed by atoms with E-state index in [0.717, 1.165) is 32.5 Å². The molecule has 0 bridgehead atoms. The lowest BCUT2D eigenvalue weighted by Crippen LogP contribution is -2.45. The summed E-state index contributed by atoms with van der Waals surface area (Å²) in [6.45, 7) is 3.11. The molecule has 1 unspecified atom stereocenters. The highest BCUT2D eigenvalue weighted by atomic mass is 16.1. The summed E-state index contributed by atoms with van der Waals surface area (Å²) in [5, 5.41) is 7.39. The number of aromatic nitrogens is 4. The number of hydrogen-bond acceptors (Lipinski definition) is 6. The minimum Gasteiger partial charge on any atom is -0.368 e. The standard InChI is InChI=1S/C17H24N6O2/c1-21-13-19-15(11-17(21)25)18-12-14-5-2-3-8-22(14)9-10-23-16(24)6-4-7-20-23/h4,6-7,11,13-14,18H,2-3,5,8-10,12H2,1H3. The first kappa shape index (κ1) is 17.3. The molecule has 1 atom stereocenters. The molecule has 2 aromatic rings. The Morgan fingerprint density at radius 3 is 2.92 bits per heavy atom. The number of piperidine rings is 1. The summed E-state index contributed by atoms with van der Waals surface area (Å²) in [7, 11) is 1.68. The normalized spacial score (nSPS) is 18.2. The maximum Gasteiger partial charge on any atom is 0.266 e. The first-order valence-corrected chi connectivity index (χ1v) is 8.66. The van der Waals surface area contributed by atoms with Gasteiger partial charge in [-0.25, -0.2) is 9.67 Å². The third kappa shape index (κ3) is 4.54. The molecule has 1 fully saturated rings. The quantitative estimate of drug-likeness (QED) is 0.811. The average molecular weight is 344 g/mol. The van der Waals surface area contributed by atoms with Crippen molar-refractivity contribution in [1.29, 1.82) is 0 Å². The van der Waals surface area contributed by atoms with Crippen molar-refractivity contribution in [2.75, 3.05) is 25.0 Å². The van der Waals surface area contributed by atoms with Gasteiger partial charge in [0.2, 0.25) is 0 Å². The van der Waals surface area contributed by atoms with E-state index in [4.69, 9.17) is 0 Å². The topological polar surface area (TPSA) is 85.1 Å². The van der Waals surface area contributed by atoms with E-state index in [9.17, 15) is 9.59 Å². The summed E-state index contributed by atoms with van der Waals surface area (Å²) in [5.41, 5.74) is -0.147. The average Bonchev–Trinajstić information content (AvgIpc) is 2.63. The third-order valence-corrected chi connectivity index (χ3v) is 4.63. The summed E-state index contributed by atoms with van der Waals surface area (Å²) >= 11 is 0. The number of rotatable bonds is 6. The highest BCUT2D eigenvalue weighted by molar-refractivity contribution is 5.32. The van der Waals surface area contributed by atoms with E-state index in [1.54, 1.807) is 19.3 Å². The van der Waals surface area contributed by atoms with Crippen LogP contribution in [-0.2, 0) is 13.6 Å². The van der Waals surface area contributed by atoms with E-state index in [0.29, 0.717) is 18.4 Å². The minimum atomic E-state index is -0.0764. The first-order chi connectivity index (χ1) is 12.1. The molecule has 0 spiro atoms. The van der Waals surface area contributed by atoms with Gasteiger partial charge in [-0.05, 0) is 25.5 Å². The Bertz CT molecular complexity index is 815. The van der Waals surface area contributed by atoms with Crippen LogP contribution in [0.5, 0.6) is 0 Å². The molecule has 0 saturated carbocycles. The SMILES string of the molecule is Cn1cnc(NCC2CCCCN2CCn2ncccc2=O)cc1=O. The zero-order valence-electron chi connectivity index (χ0n) is 14.5. The number of nitrogens with one attached hydrogen (secondary N) is 1. The van der Waals surface area contributed by atoms with Gasteiger partial charge in [0.15, 0.2) is 0 Å². The van der Waals surface area contributed by atoms with Crippen LogP contribution >= 0.6 is 0 Å². The van der Waals surface area contributed by atoms with Crippen LogP contribution in [0.25, 0.3) is 0 Å². The number of hydrogen-bond donors (Lipinski definition) is 1. The molecule has 25 heavy (non-hydrogen) atoms. The molecule has 0 radical (unpaired) electrons. The largest absolute Gasteiger partial charge is 0.368 e. The van der Waals surface area contributed by atoms with Crippen LogP contribution in [0.1, 0.15) is 19.3 Å². The number of likely N-dealkylation sites (tertiary alicyclic amines) is 1. The Morgan fingerprint density at radius 2 is 2.12 bits per heavy atom. The van der Waals surface area contributed by atoms with Crippen LogP contribution in [0.3, 0.4) is 0 Å². The van der Waals surface area contributed by atoms with Crippen molar-refractivity contribution >= 4 is 5.82 Å². The molecule has 1 aliphatic rings. The molecule has 3 heterocycles. The van der Waals surface area contributed by atoms with E-state index in [1.165, 1.54) is 34.1 Å². The number of anilines is 1. The van der Waals surface area contributed by atoms with Crippen molar-refractivity contribution in [3.8, 4) is 0 Å². The summed E-state index contributed by atoms with van der Waals surface area (Å²) in [5.74, 6) is 0.606. The van der Waals surface area contributed by atoms with Crippen molar-refractivity contribution in [3.63, 3.8) is 0 Å².